The van der Waals surface area contributed by atoms with Gasteiger partial charge in [0.1, 0.15) is 0 Å². The number of fused-ring (bicyclic) bond motifs is 1. The minimum Gasteiger partial charge on any atom is -0.387 e. The SMILES string of the molecule is Cc1ccc(-c2nc(Cl)c3n2CCCC3O)s1. The van der Waals surface area contributed by atoms with Gasteiger partial charge < -0.3 is 9.67 Å². The number of thiophene rings is 1. The second-order valence-electron chi connectivity index (χ2n) is 4.33. The quantitative estimate of drug-likeness (QED) is 0.861. The van der Waals surface area contributed by atoms with Crippen molar-refractivity contribution in [3.8, 4) is 10.7 Å². The van der Waals surface area contributed by atoms with E-state index in [0.717, 1.165) is 35.8 Å². The van der Waals surface area contributed by atoms with Gasteiger partial charge in [-0.3, -0.25) is 0 Å². The molecule has 2 aromatic rings. The fourth-order valence-electron chi connectivity index (χ4n) is 2.30. The molecule has 0 spiro atoms. The second kappa shape index (κ2) is 4.12. The zero-order chi connectivity index (χ0) is 12.0. The fourth-order valence-corrected chi connectivity index (χ4v) is 3.48. The molecule has 0 saturated carbocycles. The standard InChI is InChI=1S/C12H13ClN2OS/c1-7-4-5-9(17-7)12-14-11(13)10-8(16)3-2-6-15(10)12/h4-5,8,16H,2-3,6H2,1H3. The highest BCUT2D eigenvalue weighted by Crippen LogP contribution is 2.37. The van der Waals surface area contributed by atoms with Crippen LogP contribution >= 0.6 is 22.9 Å². The molecule has 0 radical (unpaired) electrons. The van der Waals surface area contributed by atoms with Crippen LogP contribution in [-0.4, -0.2) is 14.7 Å². The van der Waals surface area contributed by atoms with E-state index in [1.165, 1.54) is 4.88 Å². The largest absolute Gasteiger partial charge is 0.387 e. The van der Waals surface area contributed by atoms with Gasteiger partial charge in [-0.1, -0.05) is 11.6 Å². The number of imidazole rings is 1. The van der Waals surface area contributed by atoms with Gasteiger partial charge in [0.25, 0.3) is 0 Å². The summed E-state index contributed by atoms with van der Waals surface area (Å²) in [5, 5.41) is 10.4. The van der Waals surface area contributed by atoms with E-state index in [9.17, 15) is 5.11 Å². The molecule has 3 rings (SSSR count). The molecule has 1 atom stereocenters. The number of hydrogen-bond acceptors (Lipinski definition) is 3. The summed E-state index contributed by atoms with van der Waals surface area (Å²) in [7, 11) is 0. The molecule has 5 heteroatoms. The van der Waals surface area contributed by atoms with Gasteiger partial charge in [0.15, 0.2) is 11.0 Å². The highest BCUT2D eigenvalue weighted by atomic mass is 35.5. The van der Waals surface area contributed by atoms with Crippen LogP contribution in [0.15, 0.2) is 12.1 Å². The van der Waals surface area contributed by atoms with Gasteiger partial charge in [-0.05, 0) is 31.9 Å². The van der Waals surface area contributed by atoms with Crippen LogP contribution in [0.3, 0.4) is 0 Å². The summed E-state index contributed by atoms with van der Waals surface area (Å²) in [5.41, 5.74) is 0.777. The van der Waals surface area contributed by atoms with Crippen molar-refractivity contribution in [3.63, 3.8) is 0 Å². The van der Waals surface area contributed by atoms with Crippen LogP contribution in [-0.2, 0) is 6.54 Å². The lowest BCUT2D eigenvalue weighted by Crippen LogP contribution is -2.15. The van der Waals surface area contributed by atoms with Crippen molar-refractivity contribution >= 4 is 22.9 Å². The first-order valence-electron chi connectivity index (χ1n) is 5.67. The Balaban J connectivity index is 2.16. The third kappa shape index (κ3) is 1.80. The highest BCUT2D eigenvalue weighted by Gasteiger charge is 2.26. The summed E-state index contributed by atoms with van der Waals surface area (Å²) in [5.74, 6) is 0.891. The monoisotopic (exact) mass is 268 g/mol. The summed E-state index contributed by atoms with van der Waals surface area (Å²) < 4.78 is 2.06. The molecule has 3 heterocycles. The van der Waals surface area contributed by atoms with Crippen LogP contribution in [0.25, 0.3) is 10.7 Å². The van der Waals surface area contributed by atoms with Crippen LogP contribution < -0.4 is 0 Å². The number of aliphatic hydroxyl groups is 1. The van der Waals surface area contributed by atoms with Crippen molar-refractivity contribution in [2.45, 2.75) is 32.4 Å². The van der Waals surface area contributed by atoms with E-state index in [-0.39, 0.29) is 0 Å². The highest BCUT2D eigenvalue weighted by molar-refractivity contribution is 7.15. The van der Waals surface area contributed by atoms with Gasteiger partial charge in [0.05, 0.1) is 16.7 Å². The summed E-state index contributed by atoms with van der Waals surface area (Å²) in [6, 6.07) is 4.14. The van der Waals surface area contributed by atoms with E-state index in [0.29, 0.717) is 5.15 Å². The molecule has 1 aliphatic rings. The molecule has 1 unspecified atom stereocenters. The third-order valence-corrected chi connectivity index (χ3v) is 4.37. The molecule has 1 N–H and O–H groups in total. The number of nitrogens with zero attached hydrogens (tertiary/aromatic N) is 2. The molecule has 0 amide bonds. The van der Waals surface area contributed by atoms with Gasteiger partial charge >= 0.3 is 0 Å². The summed E-state index contributed by atoms with van der Waals surface area (Å²) >= 11 is 7.83. The predicted molar refractivity (Wildman–Crippen MR) is 69.5 cm³/mol. The minimum atomic E-state index is -0.474. The number of halogens is 1. The van der Waals surface area contributed by atoms with E-state index in [1.807, 2.05) is 0 Å². The molecule has 17 heavy (non-hydrogen) atoms. The first-order chi connectivity index (χ1) is 8.16. The maximum atomic E-state index is 9.97. The lowest BCUT2D eigenvalue weighted by Gasteiger charge is -2.21. The number of aryl methyl sites for hydroxylation is 1. The Kier molecular flexibility index (Phi) is 2.73. The Morgan fingerprint density at radius 2 is 2.35 bits per heavy atom. The fraction of sp³-hybridized carbons (Fsp3) is 0.417. The maximum Gasteiger partial charge on any atom is 0.153 e. The van der Waals surface area contributed by atoms with Crippen molar-refractivity contribution in [2.75, 3.05) is 0 Å². The number of hydrogen-bond donors (Lipinski definition) is 1. The zero-order valence-electron chi connectivity index (χ0n) is 9.48. The Hall–Kier alpha value is -0.840. The normalized spacial score (nSPS) is 19.4. The van der Waals surface area contributed by atoms with E-state index in [1.54, 1.807) is 11.3 Å². The van der Waals surface area contributed by atoms with Crippen LogP contribution in [0.4, 0.5) is 0 Å². The topological polar surface area (TPSA) is 38.0 Å². The molecule has 0 aliphatic carbocycles. The van der Waals surface area contributed by atoms with E-state index in [2.05, 4.69) is 28.6 Å². The Labute approximate surface area is 109 Å². The van der Waals surface area contributed by atoms with Crippen molar-refractivity contribution < 1.29 is 5.11 Å². The van der Waals surface area contributed by atoms with Gasteiger partial charge in [0, 0.05) is 11.4 Å². The molecule has 0 aromatic carbocycles. The molecule has 3 nitrogen and oxygen atoms in total. The molecule has 2 aromatic heterocycles. The lowest BCUT2D eigenvalue weighted by molar-refractivity contribution is 0.139. The lowest BCUT2D eigenvalue weighted by atomic mass is 10.1. The van der Waals surface area contributed by atoms with Crippen LogP contribution in [0, 0.1) is 6.92 Å². The molecule has 1 aliphatic heterocycles. The average Bonchev–Trinajstić information content (AvgIpc) is 2.84. The summed E-state index contributed by atoms with van der Waals surface area (Å²) in [6.07, 6.45) is 1.27. The maximum absolute atomic E-state index is 9.97. The first-order valence-corrected chi connectivity index (χ1v) is 6.87. The smallest absolute Gasteiger partial charge is 0.153 e. The van der Waals surface area contributed by atoms with Crippen LogP contribution in [0.5, 0.6) is 0 Å². The van der Waals surface area contributed by atoms with Crippen LogP contribution in [0.2, 0.25) is 5.15 Å². The molecular weight excluding hydrogens is 256 g/mol. The Morgan fingerprint density at radius 1 is 1.53 bits per heavy atom. The molecule has 90 valence electrons. The van der Waals surface area contributed by atoms with E-state index in [4.69, 9.17) is 11.6 Å². The Morgan fingerprint density at radius 3 is 3.06 bits per heavy atom. The summed E-state index contributed by atoms with van der Waals surface area (Å²) in [4.78, 5) is 6.78. The summed E-state index contributed by atoms with van der Waals surface area (Å²) in [6.45, 7) is 2.96. The van der Waals surface area contributed by atoms with E-state index < -0.39 is 6.10 Å². The van der Waals surface area contributed by atoms with Crippen molar-refractivity contribution in [1.29, 1.82) is 0 Å². The van der Waals surface area contributed by atoms with Crippen molar-refractivity contribution in [1.82, 2.24) is 9.55 Å². The molecule has 0 saturated heterocycles. The minimum absolute atomic E-state index is 0.443. The van der Waals surface area contributed by atoms with Crippen molar-refractivity contribution in [3.05, 3.63) is 27.9 Å². The number of rotatable bonds is 1. The predicted octanol–water partition coefficient (Wildman–Crippen LogP) is 3.40. The zero-order valence-corrected chi connectivity index (χ0v) is 11.1. The van der Waals surface area contributed by atoms with Gasteiger partial charge in [-0.2, -0.15) is 0 Å². The van der Waals surface area contributed by atoms with Gasteiger partial charge in [-0.15, -0.1) is 11.3 Å². The third-order valence-electron chi connectivity index (χ3n) is 3.10. The average molecular weight is 269 g/mol. The molecule has 0 fully saturated rings. The Bertz CT molecular complexity index is 561. The number of aliphatic hydroxyl groups excluding tert-OH is 1. The van der Waals surface area contributed by atoms with E-state index >= 15 is 0 Å². The molecular formula is C12H13ClN2OS. The molecule has 0 bridgehead atoms. The number of aromatic nitrogens is 2. The van der Waals surface area contributed by atoms with Gasteiger partial charge in [-0.25, -0.2) is 4.98 Å². The first kappa shape index (κ1) is 11.3. The second-order valence-corrected chi connectivity index (χ2v) is 5.98. The van der Waals surface area contributed by atoms with Crippen molar-refractivity contribution in [2.24, 2.45) is 0 Å². The van der Waals surface area contributed by atoms with Crippen LogP contribution in [0.1, 0.15) is 29.5 Å². The van der Waals surface area contributed by atoms with Gasteiger partial charge in [0.2, 0.25) is 0 Å².